The summed E-state index contributed by atoms with van der Waals surface area (Å²) >= 11 is 0. The van der Waals surface area contributed by atoms with E-state index in [1.165, 1.54) is 4.31 Å². The van der Waals surface area contributed by atoms with E-state index in [4.69, 9.17) is 4.74 Å². The largest absolute Gasteiger partial charge is 0.379 e. The van der Waals surface area contributed by atoms with E-state index in [1.54, 1.807) is 47.5 Å². The van der Waals surface area contributed by atoms with Crippen LogP contribution in [0.15, 0.2) is 71.8 Å². The minimum atomic E-state index is -3.57. The van der Waals surface area contributed by atoms with Crippen LogP contribution in [0.2, 0.25) is 0 Å². The molecule has 5 rings (SSSR count). The topological polar surface area (TPSA) is 91.8 Å². The van der Waals surface area contributed by atoms with Gasteiger partial charge < -0.3 is 10.1 Å². The molecule has 2 aliphatic rings. The molecule has 1 atom stereocenters. The predicted molar refractivity (Wildman–Crippen MR) is 125 cm³/mol. The van der Waals surface area contributed by atoms with Crippen LogP contribution in [0.3, 0.4) is 0 Å². The third-order valence-corrected chi connectivity index (χ3v) is 7.80. The number of anilines is 2. The normalized spacial score (nSPS) is 18.9. The van der Waals surface area contributed by atoms with Crippen LogP contribution in [0.4, 0.5) is 11.4 Å². The molecule has 0 spiro atoms. The number of hydrogen-bond donors (Lipinski definition) is 1. The number of pyridine rings is 1. The first kappa shape index (κ1) is 21.6. The predicted octanol–water partition coefficient (Wildman–Crippen LogP) is 3.18. The number of nitrogens with zero attached hydrogens (tertiary/aromatic N) is 3. The Morgan fingerprint density at radius 2 is 1.70 bits per heavy atom. The van der Waals surface area contributed by atoms with Crippen molar-refractivity contribution in [2.75, 3.05) is 36.5 Å². The Labute approximate surface area is 192 Å². The number of benzene rings is 2. The van der Waals surface area contributed by atoms with Gasteiger partial charge in [0.05, 0.1) is 29.4 Å². The summed E-state index contributed by atoms with van der Waals surface area (Å²) in [6, 6.07) is 17.8. The van der Waals surface area contributed by atoms with Gasteiger partial charge in [-0.15, -0.1) is 0 Å². The molecule has 33 heavy (non-hydrogen) atoms. The van der Waals surface area contributed by atoms with Crippen LogP contribution >= 0.6 is 0 Å². The van der Waals surface area contributed by atoms with Gasteiger partial charge in [0.1, 0.15) is 0 Å². The molecule has 1 aromatic heterocycles. The second-order valence-corrected chi connectivity index (χ2v) is 9.97. The molecule has 3 heterocycles. The lowest BCUT2D eigenvalue weighted by molar-refractivity contribution is 0.0730. The van der Waals surface area contributed by atoms with Crippen LogP contribution in [-0.2, 0) is 14.8 Å². The van der Waals surface area contributed by atoms with Gasteiger partial charge in [0.25, 0.3) is 5.91 Å². The van der Waals surface area contributed by atoms with Gasteiger partial charge in [0, 0.05) is 30.7 Å². The van der Waals surface area contributed by atoms with E-state index in [0.717, 1.165) is 11.3 Å². The highest BCUT2D eigenvalue weighted by Gasteiger charge is 2.39. The zero-order chi connectivity index (χ0) is 23.0. The number of hydrogen-bond acceptors (Lipinski definition) is 6. The van der Waals surface area contributed by atoms with Crippen molar-refractivity contribution in [3.63, 3.8) is 0 Å². The van der Waals surface area contributed by atoms with Crippen LogP contribution in [0, 0.1) is 6.92 Å². The van der Waals surface area contributed by atoms with Gasteiger partial charge in [-0.05, 0) is 55.5 Å². The fourth-order valence-corrected chi connectivity index (χ4v) is 5.52. The molecule has 2 aromatic carbocycles. The van der Waals surface area contributed by atoms with Gasteiger partial charge in [-0.3, -0.25) is 14.7 Å². The smallest absolute Gasteiger partial charge is 0.262 e. The number of morpholine rings is 1. The van der Waals surface area contributed by atoms with E-state index in [-0.39, 0.29) is 10.8 Å². The average Bonchev–Trinajstić information content (AvgIpc) is 3.12. The number of nitrogens with one attached hydrogen (secondary N) is 1. The van der Waals surface area contributed by atoms with Crippen molar-refractivity contribution in [3.8, 4) is 0 Å². The summed E-state index contributed by atoms with van der Waals surface area (Å²) in [5, 5.41) is 3.36. The molecule has 1 N–H and O–H groups in total. The standard InChI is InChI=1S/C24H24N4O4S/c1-17-4-8-19(9-5-17)28-23(22-21(24(28)29)3-2-12-25-22)26-18-6-10-20(11-7-18)33(30,31)27-13-15-32-16-14-27/h2-12,23,26H,13-16H2,1H3/t23-/m1/s1. The van der Waals surface area contributed by atoms with E-state index < -0.39 is 16.2 Å². The first-order chi connectivity index (χ1) is 15.9. The number of ether oxygens (including phenoxy) is 1. The highest BCUT2D eigenvalue weighted by atomic mass is 32.2. The highest BCUT2D eigenvalue weighted by Crippen LogP contribution is 2.37. The molecule has 170 valence electrons. The summed E-state index contributed by atoms with van der Waals surface area (Å²) in [5.74, 6) is -0.133. The maximum atomic E-state index is 13.2. The zero-order valence-corrected chi connectivity index (χ0v) is 19.0. The van der Waals surface area contributed by atoms with Crippen LogP contribution in [0.5, 0.6) is 0 Å². The third-order valence-electron chi connectivity index (χ3n) is 5.88. The molecular weight excluding hydrogens is 440 g/mol. The average molecular weight is 465 g/mol. The van der Waals surface area contributed by atoms with Crippen LogP contribution in [-0.4, -0.2) is 49.9 Å². The van der Waals surface area contributed by atoms with Crippen LogP contribution in [0.1, 0.15) is 27.8 Å². The minimum Gasteiger partial charge on any atom is -0.379 e. The van der Waals surface area contributed by atoms with E-state index >= 15 is 0 Å². The Morgan fingerprint density at radius 1 is 1.00 bits per heavy atom. The molecule has 2 aliphatic heterocycles. The Bertz CT molecular complexity index is 1270. The molecular formula is C24H24N4O4S. The number of fused-ring (bicyclic) bond motifs is 1. The van der Waals surface area contributed by atoms with Crippen molar-refractivity contribution in [3.05, 3.63) is 83.7 Å². The Kier molecular flexibility index (Phi) is 5.61. The van der Waals surface area contributed by atoms with Crippen LogP contribution < -0.4 is 10.2 Å². The summed E-state index contributed by atoms with van der Waals surface area (Å²) in [6.45, 7) is 3.49. The van der Waals surface area contributed by atoms with Crippen molar-refractivity contribution in [1.82, 2.24) is 9.29 Å². The fraction of sp³-hybridized carbons (Fsp3) is 0.250. The van der Waals surface area contributed by atoms with Gasteiger partial charge in [-0.1, -0.05) is 17.7 Å². The van der Waals surface area contributed by atoms with E-state index in [0.29, 0.717) is 43.2 Å². The van der Waals surface area contributed by atoms with E-state index in [9.17, 15) is 13.2 Å². The summed E-state index contributed by atoms with van der Waals surface area (Å²) in [6.07, 6.45) is 1.15. The number of aryl methyl sites for hydroxylation is 1. The van der Waals surface area contributed by atoms with Gasteiger partial charge in [0.15, 0.2) is 6.17 Å². The Hall–Kier alpha value is -3.27. The second-order valence-electron chi connectivity index (χ2n) is 8.03. The van der Waals surface area contributed by atoms with Crippen molar-refractivity contribution >= 4 is 27.3 Å². The number of rotatable bonds is 5. The molecule has 3 aromatic rings. The number of aromatic nitrogens is 1. The lowest BCUT2D eigenvalue weighted by atomic mass is 10.2. The molecule has 1 saturated heterocycles. The highest BCUT2D eigenvalue weighted by molar-refractivity contribution is 7.89. The first-order valence-corrected chi connectivity index (χ1v) is 12.2. The zero-order valence-electron chi connectivity index (χ0n) is 18.1. The minimum absolute atomic E-state index is 0.133. The lowest BCUT2D eigenvalue weighted by Crippen LogP contribution is -2.40. The van der Waals surface area contributed by atoms with Gasteiger partial charge >= 0.3 is 0 Å². The molecule has 9 heteroatoms. The van der Waals surface area contributed by atoms with Gasteiger partial charge in [-0.2, -0.15) is 4.31 Å². The van der Waals surface area contributed by atoms with Crippen molar-refractivity contribution < 1.29 is 17.9 Å². The summed E-state index contributed by atoms with van der Waals surface area (Å²) < 4.78 is 32.5. The Morgan fingerprint density at radius 3 is 2.39 bits per heavy atom. The summed E-state index contributed by atoms with van der Waals surface area (Å²) in [7, 11) is -3.57. The third kappa shape index (κ3) is 3.99. The van der Waals surface area contributed by atoms with E-state index in [2.05, 4.69) is 10.3 Å². The Balaban J connectivity index is 1.44. The quantitative estimate of drug-likeness (QED) is 0.624. The molecule has 0 unspecified atom stereocenters. The summed E-state index contributed by atoms with van der Waals surface area (Å²) in [5.41, 5.74) is 3.72. The number of sulfonamides is 1. The lowest BCUT2D eigenvalue weighted by Gasteiger charge is -2.27. The van der Waals surface area contributed by atoms with Crippen molar-refractivity contribution in [2.24, 2.45) is 0 Å². The monoisotopic (exact) mass is 464 g/mol. The van der Waals surface area contributed by atoms with Gasteiger partial charge in [-0.25, -0.2) is 8.42 Å². The number of carbonyl (C=O) groups is 1. The molecule has 1 amide bonds. The molecule has 0 saturated carbocycles. The maximum Gasteiger partial charge on any atom is 0.262 e. The van der Waals surface area contributed by atoms with Crippen molar-refractivity contribution in [2.45, 2.75) is 18.0 Å². The SMILES string of the molecule is Cc1ccc(N2C(=O)c3cccnc3[C@@H]2Nc2ccc(S(=O)(=O)N3CCOCC3)cc2)cc1. The number of carbonyl (C=O) groups excluding carboxylic acids is 1. The fourth-order valence-electron chi connectivity index (χ4n) is 4.11. The first-order valence-electron chi connectivity index (χ1n) is 10.7. The molecule has 0 bridgehead atoms. The molecule has 8 nitrogen and oxygen atoms in total. The van der Waals surface area contributed by atoms with Gasteiger partial charge in [0.2, 0.25) is 10.0 Å². The molecule has 0 aliphatic carbocycles. The molecule has 0 radical (unpaired) electrons. The number of amides is 1. The van der Waals surface area contributed by atoms with Crippen LogP contribution in [0.25, 0.3) is 0 Å². The summed E-state index contributed by atoms with van der Waals surface area (Å²) in [4.78, 5) is 19.6. The van der Waals surface area contributed by atoms with Crippen molar-refractivity contribution in [1.29, 1.82) is 0 Å². The van der Waals surface area contributed by atoms with E-state index in [1.807, 2.05) is 31.2 Å². The maximum absolute atomic E-state index is 13.2. The second kappa shape index (κ2) is 8.58. The molecule has 1 fully saturated rings.